The Hall–Kier alpha value is -3.21. The zero-order valence-corrected chi connectivity index (χ0v) is 17.3. The summed E-state index contributed by atoms with van der Waals surface area (Å²) in [6.07, 6.45) is 0. The summed E-state index contributed by atoms with van der Waals surface area (Å²) in [6.45, 7) is -0.844. The molecular formula is C20H19N3O5S2. The molecule has 10 heteroatoms. The molecule has 3 aromatic rings. The van der Waals surface area contributed by atoms with Gasteiger partial charge >= 0.3 is 0 Å². The minimum atomic E-state index is -3.76. The van der Waals surface area contributed by atoms with E-state index in [1.807, 2.05) is 42.5 Å². The SMILES string of the molecule is O=C(CNS(=O)(=O)c1cccs1)NNC(=O)COc1ccccc1-c1ccccc1. The number of hydrogen-bond donors (Lipinski definition) is 3. The maximum Gasteiger partial charge on any atom is 0.276 e. The van der Waals surface area contributed by atoms with Gasteiger partial charge in [-0.3, -0.25) is 20.4 Å². The van der Waals surface area contributed by atoms with Crippen LogP contribution in [0.15, 0.2) is 76.3 Å². The van der Waals surface area contributed by atoms with Crippen LogP contribution in [0.25, 0.3) is 11.1 Å². The Labute approximate surface area is 177 Å². The first-order valence-electron chi connectivity index (χ1n) is 8.84. The molecule has 3 rings (SSSR count). The highest BCUT2D eigenvalue weighted by molar-refractivity contribution is 7.91. The van der Waals surface area contributed by atoms with Gasteiger partial charge in [-0.05, 0) is 23.1 Å². The highest BCUT2D eigenvalue weighted by Gasteiger charge is 2.16. The molecule has 0 radical (unpaired) electrons. The molecule has 0 fully saturated rings. The number of sulfonamides is 1. The van der Waals surface area contributed by atoms with Crippen LogP contribution in [0, 0.1) is 0 Å². The van der Waals surface area contributed by atoms with Gasteiger partial charge in [-0.25, -0.2) is 13.1 Å². The fourth-order valence-electron chi connectivity index (χ4n) is 2.46. The summed E-state index contributed by atoms with van der Waals surface area (Å²) in [5, 5.41) is 1.62. The van der Waals surface area contributed by atoms with Crippen molar-refractivity contribution in [3.05, 3.63) is 72.1 Å². The van der Waals surface area contributed by atoms with E-state index in [-0.39, 0.29) is 10.8 Å². The number of carbonyl (C=O) groups excluding carboxylic acids is 2. The molecule has 0 atom stereocenters. The summed E-state index contributed by atoms with van der Waals surface area (Å²) in [5.74, 6) is -0.783. The monoisotopic (exact) mass is 445 g/mol. The standard InChI is InChI=1S/C20H19N3O5S2/c24-18(13-21-30(26,27)20-11-6-12-29-20)22-23-19(25)14-28-17-10-5-4-9-16(17)15-7-2-1-3-8-15/h1-12,21H,13-14H2,(H,22,24)(H,23,25). The van der Waals surface area contributed by atoms with Crippen molar-refractivity contribution in [3.8, 4) is 16.9 Å². The minimum absolute atomic E-state index is 0.102. The maximum absolute atomic E-state index is 12.0. The summed E-state index contributed by atoms with van der Waals surface area (Å²) in [4.78, 5) is 23.8. The number of thiophene rings is 1. The Bertz CT molecular complexity index is 1100. The van der Waals surface area contributed by atoms with E-state index in [4.69, 9.17) is 4.74 Å². The molecule has 156 valence electrons. The van der Waals surface area contributed by atoms with Crippen molar-refractivity contribution in [2.45, 2.75) is 4.21 Å². The van der Waals surface area contributed by atoms with Gasteiger partial charge in [0.05, 0.1) is 6.54 Å². The van der Waals surface area contributed by atoms with Crippen LogP contribution in [0.3, 0.4) is 0 Å². The fourth-order valence-corrected chi connectivity index (χ4v) is 4.48. The second-order valence-corrected chi connectivity index (χ2v) is 8.95. The average Bonchev–Trinajstić information content (AvgIpc) is 3.32. The molecule has 0 unspecified atom stereocenters. The van der Waals surface area contributed by atoms with Gasteiger partial charge in [0, 0.05) is 5.56 Å². The largest absolute Gasteiger partial charge is 0.483 e. The molecule has 0 spiro atoms. The van der Waals surface area contributed by atoms with Gasteiger partial charge in [0.1, 0.15) is 9.96 Å². The summed E-state index contributed by atoms with van der Waals surface area (Å²) in [6, 6.07) is 19.9. The molecule has 30 heavy (non-hydrogen) atoms. The second kappa shape index (κ2) is 10.0. The Balaban J connectivity index is 1.46. The molecule has 3 N–H and O–H groups in total. The fraction of sp³-hybridized carbons (Fsp3) is 0.100. The molecule has 0 aliphatic carbocycles. The zero-order valence-electron chi connectivity index (χ0n) is 15.7. The van der Waals surface area contributed by atoms with Crippen molar-refractivity contribution in [1.82, 2.24) is 15.6 Å². The molecule has 2 amide bonds. The third-order valence-corrected chi connectivity index (χ3v) is 6.65. The van der Waals surface area contributed by atoms with Crippen LogP contribution >= 0.6 is 11.3 Å². The van der Waals surface area contributed by atoms with Crippen LogP contribution in [0.2, 0.25) is 0 Å². The zero-order chi connectivity index (χ0) is 21.4. The lowest BCUT2D eigenvalue weighted by Gasteiger charge is -2.12. The number of benzene rings is 2. The van der Waals surface area contributed by atoms with E-state index < -0.39 is 28.4 Å². The predicted octanol–water partition coefficient (Wildman–Crippen LogP) is 1.92. The van der Waals surface area contributed by atoms with Gasteiger partial charge in [0.2, 0.25) is 0 Å². The molecule has 0 saturated heterocycles. The molecule has 1 aromatic heterocycles. The van der Waals surface area contributed by atoms with E-state index in [0.717, 1.165) is 22.5 Å². The Morgan fingerprint density at radius 2 is 1.57 bits per heavy atom. The van der Waals surface area contributed by atoms with Crippen LogP contribution in [-0.4, -0.2) is 33.4 Å². The van der Waals surface area contributed by atoms with Crippen molar-refractivity contribution in [2.75, 3.05) is 13.2 Å². The van der Waals surface area contributed by atoms with Crippen LogP contribution < -0.4 is 20.3 Å². The van der Waals surface area contributed by atoms with Crippen molar-refractivity contribution in [3.63, 3.8) is 0 Å². The topological polar surface area (TPSA) is 114 Å². The molecule has 2 aromatic carbocycles. The number of rotatable bonds is 8. The number of nitrogens with one attached hydrogen (secondary N) is 3. The summed E-state index contributed by atoms with van der Waals surface area (Å²) in [5.41, 5.74) is 6.10. The molecule has 0 aliphatic heterocycles. The molecule has 0 saturated carbocycles. The molecular weight excluding hydrogens is 426 g/mol. The van der Waals surface area contributed by atoms with Crippen molar-refractivity contribution in [2.24, 2.45) is 0 Å². The Kier molecular flexibility index (Phi) is 7.17. The van der Waals surface area contributed by atoms with E-state index in [2.05, 4.69) is 15.6 Å². The molecule has 8 nitrogen and oxygen atoms in total. The van der Waals surface area contributed by atoms with E-state index in [9.17, 15) is 18.0 Å². The van der Waals surface area contributed by atoms with Gasteiger partial charge < -0.3 is 4.74 Å². The van der Waals surface area contributed by atoms with Crippen LogP contribution in [0.5, 0.6) is 5.75 Å². The van der Waals surface area contributed by atoms with Crippen molar-refractivity contribution >= 4 is 33.2 Å². The number of para-hydroxylation sites is 1. The molecule has 0 aliphatic rings. The van der Waals surface area contributed by atoms with Crippen LogP contribution in [0.1, 0.15) is 0 Å². The first-order chi connectivity index (χ1) is 14.5. The van der Waals surface area contributed by atoms with Crippen molar-refractivity contribution < 1.29 is 22.7 Å². The first-order valence-corrected chi connectivity index (χ1v) is 11.2. The van der Waals surface area contributed by atoms with E-state index in [0.29, 0.717) is 5.75 Å². The maximum atomic E-state index is 12.0. The number of hydrazine groups is 1. The third-order valence-electron chi connectivity index (χ3n) is 3.85. The lowest BCUT2D eigenvalue weighted by Crippen LogP contribution is -2.47. The number of ether oxygens (including phenoxy) is 1. The number of hydrogen-bond acceptors (Lipinski definition) is 6. The van der Waals surface area contributed by atoms with Crippen molar-refractivity contribution in [1.29, 1.82) is 0 Å². The van der Waals surface area contributed by atoms with Gasteiger partial charge in [0.25, 0.3) is 21.8 Å². The number of amides is 2. The second-order valence-electron chi connectivity index (χ2n) is 6.00. The summed E-state index contributed by atoms with van der Waals surface area (Å²) >= 11 is 1.04. The quantitative estimate of drug-likeness (QED) is 0.459. The van der Waals surface area contributed by atoms with E-state index in [1.54, 1.807) is 23.6 Å². The average molecular weight is 446 g/mol. The van der Waals surface area contributed by atoms with Crippen LogP contribution in [-0.2, 0) is 19.6 Å². The first kappa shape index (κ1) is 21.5. The van der Waals surface area contributed by atoms with Crippen LogP contribution in [0.4, 0.5) is 0 Å². The molecule has 0 bridgehead atoms. The Morgan fingerprint density at radius 1 is 0.867 bits per heavy atom. The van der Waals surface area contributed by atoms with E-state index >= 15 is 0 Å². The summed E-state index contributed by atoms with van der Waals surface area (Å²) < 4.78 is 31.7. The van der Waals surface area contributed by atoms with E-state index in [1.165, 1.54) is 6.07 Å². The van der Waals surface area contributed by atoms with Gasteiger partial charge in [-0.1, -0.05) is 54.6 Å². The summed E-state index contributed by atoms with van der Waals surface area (Å²) in [7, 11) is -3.76. The van der Waals surface area contributed by atoms with Gasteiger partial charge in [-0.2, -0.15) is 0 Å². The Morgan fingerprint density at radius 3 is 2.30 bits per heavy atom. The third kappa shape index (κ3) is 5.89. The molecule has 1 heterocycles. The highest BCUT2D eigenvalue weighted by Crippen LogP contribution is 2.29. The number of carbonyl (C=O) groups is 2. The highest BCUT2D eigenvalue weighted by atomic mass is 32.2. The lowest BCUT2D eigenvalue weighted by atomic mass is 10.1. The normalized spacial score (nSPS) is 10.9. The predicted molar refractivity (Wildman–Crippen MR) is 113 cm³/mol. The smallest absolute Gasteiger partial charge is 0.276 e. The van der Waals surface area contributed by atoms with Gasteiger partial charge in [-0.15, -0.1) is 11.3 Å². The minimum Gasteiger partial charge on any atom is -0.483 e. The van der Waals surface area contributed by atoms with Gasteiger partial charge in [0.15, 0.2) is 6.61 Å². The lowest BCUT2D eigenvalue weighted by molar-refractivity contribution is -0.129.